The predicted molar refractivity (Wildman–Crippen MR) is 78.6 cm³/mol. The van der Waals surface area contributed by atoms with Gasteiger partial charge in [0.25, 0.3) is 5.91 Å². The van der Waals surface area contributed by atoms with Crippen molar-refractivity contribution in [2.45, 2.75) is 43.5 Å². The highest BCUT2D eigenvalue weighted by atomic mass is 79.9. The zero-order chi connectivity index (χ0) is 13.1. The van der Waals surface area contributed by atoms with Crippen LogP contribution < -0.4 is 5.32 Å². The van der Waals surface area contributed by atoms with Crippen molar-refractivity contribution < 1.29 is 4.79 Å². The zero-order valence-electron chi connectivity index (χ0n) is 10.4. The van der Waals surface area contributed by atoms with Crippen molar-refractivity contribution in [1.82, 2.24) is 5.32 Å². The van der Waals surface area contributed by atoms with Crippen LogP contribution in [-0.4, -0.2) is 16.8 Å². The lowest BCUT2D eigenvalue weighted by Gasteiger charge is -2.26. The van der Waals surface area contributed by atoms with Crippen molar-refractivity contribution in [1.29, 1.82) is 0 Å². The van der Waals surface area contributed by atoms with Crippen LogP contribution in [0, 0.1) is 6.92 Å². The van der Waals surface area contributed by atoms with Crippen LogP contribution in [-0.2, 0) is 0 Å². The third-order valence-electron chi connectivity index (χ3n) is 3.43. The fourth-order valence-corrected chi connectivity index (χ4v) is 3.02. The first kappa shape index (κ1) is 13.9. The summed E-state index contributed by atoms with van der Waals surface area (Å²) >= 11 is 9.77. The summed E-state index contributed by atoms with van der Waals surface area (Å²) in [7, 11) is 0. The molecule has 1 amide bonds. The maximum Gasteiger partial charge on any atom is 0.253 e. The Morgan fingerprint density at radius 3 is 2.67 bits per heavy atom. The summed E-state index contributed by atoms with van der Waals surface area (Å²) in [5.41, 5.74) is 1.52. The molecule has 0 aliphatic heterocycles. The molecule has 0 radical (unpaired) electrons. The van der Waals surface area contributed by atoms with Gasteiger partial charge >= 0.3 is 0 Å². The van der Waals surface area contributed by atoms with Gasteiger partial charge in [0.1, 0.15) is 0 Å². The Kier molecular flexibility index (Phi) is 4.68. The Balaban J connectivity index is 2.01. The molecule has 1 saturated carbocycles. The zero-order valence-corrected chi connectivity index (χ0v) is 12.7. The Morgan fingerprint density at radius 1 is 1.33 bits per heavy atom. The fourth-order valence-electron chi connectivity index (χ4n) is 2.28. The first-order valence-electron chi connectivity index (χ1n) is 6.28. The molecule has 1 aliphatic carbocycles. The maximum absolute atomic E-state index is 12.2. The number of nitrogens with one attached hydrogen (secondary N) is 1. The van der Waals surface area contributed by atoms with Crippen molar-refractivity contribution in [3.05, 3.63) is 34.3 Å². The van der Waals surface area contributed by atoms with Crippen LogP contribution in [0.3, 0.4) is 0 Å². The van der Waals surface area contributed by atoms with Gasteiger partial charge in [0.2, 0.25) is 0 Å². The van der Waals surface area contributed by atoms with E-state index in [2.05, 4.69) is 21.2 Å². The molecule has 98 valence electrons. The monoisotopic (exact) mass is 329 g/mol. The molecule has 1 aromatic rings. The van der Waals surface area contributed by atoms with E-state index in [0.717, 1.165) is 31.2 Å². The Labute approximate surface area is 121 Å². The SMILES string of the molecule is Cc1cccc(C(=O)NC2CCC(Br)CC2)c1Cl. The normalized spacial score (nSPS) is 23.7. The Bertz CT molecular complexity index is 441. The van der Waals surface area contributed by atoms with Gasteiger partial charge in [-0.1, -0.05) is 39.7 Å². The molecule has 0 bridgehead atoms. The van der Waals surface area contributed by atoms with E-state index in [9.17, 15) is 4.79 Å². The summed E-state index contributed by atoms with van der Waals surface area (Å²) in [6.45, 7) is 1.91. The number of hydrogen-bond donors (Lipinski definition) is 1. The third kappa shape index (κ3) is 3.27. The second-order valence-electron chi connectivity index (χ2n) is 4.86. The van der Waals surface area contributed by atoms with Gasteiger partial charge in [-0.15, -0.1) is 0 Å². The number of alkyl halides is 1. The highest BCUT2D eigenvalue weighted by Gasteiger charge is 2.22. The van der Waals surface area contributed by atoms with Gasteiger partial charge in [0.05, 0.1) is 10.6 Å². The summed E-state index contributed by atoms with van der Waals surface area (Å²) in [4.78, 5) is 12.8. The van der Waals surface area contributed by atoms with Crippen molar-refractivity contribution in [2.24, 2.45) is 0 Å². The van der Waals surface area contributed by atoms with Gasteiger partial charge < -0.3 is 5.32 Å². The molecule has 1 aromatic carbocycles. The van der Waals surface area contributed by atoms with Gasteiger partial charge in [-0.25, -0.2) is 0 Å². The van der Waals surface area contributed by atoms with Crippen LogP contribution in [0.5, 0.6) is 0 Å². The second-order valence-corrected chi connectivity index (χ2v) is 6.53. The van der Waals surface area contributed by atoms with Gasteiger partial charge in [-0.2, -0.15) is 0 Å². The fraction of sp³-hybridized carbons (Fsp3) is 0.500. The van der Waals surface area contributed by atoms with Gasteiger partial charge in [-0.3, -0.25) is 4.79 Å². The number of benzene rings is 1. The number of amides is 1. The standard InChI is InChI=1S/C14H17BrClNO/c1-9-3-2-4-12(13(9)16)14(18)17-11-7-5-10(15)6-8-11/h2-4,10-11H,5-8H2,1H3,(H,17,18). The number of rotatable bonds is 2. The minimum atomic E-state index is -0.0540. The van der Waals surface area contributed by atoms with E-state index in [1.807, 2.05) is 19.1 Å². The van der Waals surface area contributed by atoms with E-state index in [1.54, 1.807) is 6.07 Å². The molecule has 0 saturated heterocycles. The minimum Gasteiger partial charge on any atom is -0.349 e. The lowest BCUT2D eigenvalue weighted by molar-refractivity contribution is 0.0928. The molecule has 2 rings (SSSR count). The lowest BCUT2D eigenvalue weighted by Crippen LogP contribution is -2.37. The molecular weight excluding hydrogens is 314 g/mol. The molecule has 0 atom stereocenters. The third-order valence-corrected chi connectivity index (χ3v) is 4.85. The van der Waals surface area contributed by atoms with Crippen molar-refractivity contribution in [3.63, 3.8) is 0 Å². The van der Waals surface area contributed by atoms with Crippen LogP contribution in [0.2, 0.25) is 5.02 Å². The smallest absolute Gasteiger partial charge is 0.253 e. The predicted octanol–water partition coefficient (Wildman–Crippen LogP) is 4.08. The van der Waals surface area contributed by atoms with Crippen LogP contribution in [0.4, 0.5) is 0 Å². The van der Waals surface area contributed by atoms with E-state index in [1.165, 1.54) is 0 Å². The summed E-state index contributed by atoms with van der Waals surface area (Å²) in [5.74, 6) is -0.0540. The molecule has 0 unspecified atom stereocenters. The van der Waals surface area contributed by atoms with Gasteiger partial charge in [-0.05, 0) is 44.2 Å². The summed E-state index contributed by atoms with van der Waals surface area (Å²) in [6.07, 6.45) is 4.30. The quantitative estimate of drug-likeness (QED) is 0.813. The van der Waals surface area contributed by atoms with Gasteiger partial charge in [0.15, 0.2) is 0 Å². The van der Waals surface area contributed by atoms with E-state index in [4.69, 9.17) is 11.6 Å². The molecule has 0 heterocycles. The Hall–Kier alpha value is -0.540. The van der Waals surface area contributed by atoms with E-state index in [-0.39, 0.29) is 11.9 Å². The average molecular weight is 331 g/mol. The highest BCUT2D eigenvalue weighted by Crippen LogP contribution is 2.25. The first-order valence-corrected chi connectivity index (χ1v) is 7.57. The summed E-state index contributed by atoms with van der Waals surface area (Å²) < 4.78 is 0. The largest absolute Gasteiger partial charge is 0.349 e. The van der Waals surface area contributed by atoms with Crippen molar-refractivity contribution >= 4 is 33.4 Å². The van der Waals surface area contributed by atoms with Crippen LogP contribution in [0.1, 0.15) is 41.6 Å². The maximum atomic E-state index is 12.2. The number of halogens is 2. The molecule has 0 aromatic heterocycles. The van der Waals surface area contributed by atoms with Crippen molar-refractivity contribution in [3.8, 4) is 0 Å². The van der Waals surface area contributed by atoms with E-state index >= 15 is 0 Å². The number of carbonyl (C=O) groups is 1. The molecule has 18 heavy (non-hydrogen) atoms. The summed E-state index contributed by atoms with van der Waals surface area (Å²) in [5, 5.41) is 3.64. The molecule has 2 nitrogen and oxygen atoms in total. The Morgan fingerprint density at radius 2 is 2.00 bits per heavy atom. The molecule has 0 spiro atoms. The van der Waals surface area contributed by atoms with Crippen LogP contribution in [0.15, 0.2) is 18.2 Å². The minimum absolute atomic E-state index is 0.0540. The molecule has 1 N–H and O–H groups in total. The number of aryl methyl sites for hydroxylation is 1. The first-order chi connectivity index (χ1) is 8.58. The lowest BCUT2D eigenvalue weighted by atomic mass is 9.95. The van der Waals surface area contributed by atoms with Crippen molar-refractivity contribution in [2.75, 3.05) is 0 Å². The van der Waals surface area contributed by atoms with E-state index in [0.29, 0.717) is 15.4 Å². The molecular formula is C14H17BrClNO. The molecule has 1 fully saturated rings. The van der Waals surface area contributed by atoms with Crippen LogP contribution in [0.25, 0.3) is 0 Å². The number of carbonyl (C=O) groups excluding carboxylic acids is 1. The average Bonchev–Trinajstić information content (AvgIpc) is 2.35. The topological polar surface area (TPSA) is 29.1 Å². The van der Waals surface area contributed by atoms with E-state index < -0.39 is 0 Å². The van der Waals surface area contributed by atoms with Crippen LogP contribution >= 0.6 is 27.5 Å². The molecule has 1 aliphatic rings. The molecule has 4 heteroatoms. The highest BCUT2D eigenvalue weighted by molar-refractivity contribution is 9.09. The summed E-state index contributed by atoms with van der Waals surface area (Å²) in [6, 6.07) is 5.84. The second kappa shape index (κ2) is 6.07. The number of hydrogen-bond acceptors (Lipinski definition) is 1. The van der Waals surface area contributed by atoms with Gasteiger partial charge in [0, 0.05) is 10.9 Å².